The number of pyridine rings is 1. The molecule has 3 aromatic rings. The minimum Gasteiger partial charge on any atom is -0.347 e. The number of hydrogen-bond donors (Lipinski definition) is 2. The van der Waals surface area contributed by atoms with Crippen LogP contribution in [0.2, 0.25) is 0 Å². The van der Waals surface area contributed by atoms with Gasteiger partial charge in [0.25, 0.3) is 5.91 Å². The second-order valence-corrected chi connectivity index (χ2v) is 6.93. The standard InChI is InChI=1S/C21H23N3O2/c1-2-12-24-13-16(14-6-3-4-9-19(14)24)21(26)23-18-8-5-7-17-15(18)10-11-20(25)22-17/h3-4,6,9-11,13,18H,2,5,7-8,12H2,1H3,(H,22,25)(H,23,26)/t18-/m1/s1. The van der Waals surface area contributed by atoms with Crippen LogP contribution in [0.5, 0.6) is 0 Å². The average Bonchev–Trinajstić information content (AvgIpc) is 3.01. The number of nitrogens with zero attached hydrogens (tertiary/aromatic N) is 1. The van der Waals surface area contributed by atoms with E-state index < -0.39 is 0 Å². The van der Waals surface area contributed by atoms with E-state index in [0.29, 0.717) is 5.56 Å². The van der Waals surface area contributed by atoms with Crippen LogP contribution in [-0.2, 0) is 13.0 Å². The van der Waals surface area contributed by atoms with Crippen molar-refractivity contribution in [2.24, 2.45) is 0 Å². The first kappa shape index (κ1) is 16.6. The van der Waals surface area contributed by atoms with Crippen LogP contribution in [-0.4, -0.2) is 15.5 Å². The van der Waals surface area contributed by atoms with Gasteiger partial charge in [-0.25, -0.2) is 0 Å². The summed E-state index contributed by atoms with van der Waals surface area (Å²) in [7, 11) is 0. The lowest BCUT2D eigenvalue weighted by Gasteiger charge is -2.25. The molecule has 0 radical (unpaired) electrons. The number of amides is 1. The molecule has 0 spiro atoms. The molecule has 4 rings (SSSR count). The number of H-pyrrole nitrogens is 1. The minimum absolute atomic E-state index is 0.0555. The first-order valence-corrected chi connectivity index (χ1v) is 9.28. The minimum atomic E-state index is -0.0848. The SMILES string of the molecule is CCCn1cc(C(=O)N[C@@H]2CCCc3[nH]c(=O)ccc32)c2ccccc21. The molecule has 2 aromatic heterocycles. The van der Waals surface area contributed by atoms with Gasteiger partial charge < -0.3 is 14.9 Å². The second-order valence-electron chi connectivity index (χ2n) is 6.93. The van der Waals surface area contributed by atoms with Crippen LogP contribution in [0.25, 0.3) is 10.9 Å². The number of aryl methyl sites for hydroxylation is 2. The molecule has 0 saturated carbocycles. The number of rotatable bonds is 4. The summed E-state index contributed by atoms with van der Waals surface area (Å²) in [6.45, 7) is 3.02. The molecule has 1 amide bonds. The average molecular weight is 349 g/mol. The molecule has 2 N–H and O–H groups in total. The molecule has 2 heterocycles. The number of nitrogens with one attached hydrogen (secondary N) is 2. The lowest BCUT2D eigenvalue weighted by atomic mass is 9.91. The van der Waals surface area contributed by atoms with Gasteiger partial charge in [0.05, 0.1) is 11.6 Å². The zero-order valence-electron chi connectivity index (χ0n) is 14.9. The number of benzene rings is 1. The number of hydrogen-bond acceptors (Lipinski definition) is 2. The summed E-state index contributed by atoms with van der Waals surface area (Å²) < 4.78 is 2.15. The van der Waals surface area contributed by atoms with E-state index in [2.05, 4.69) is 27.9 Å². The van der Waals surface area contributed by atoms with Crippen LogP contribution >= 0.6 is 0 Å². The molecule has 0 unspecified atom stereocenters. The van der Waals surface area contributed by atoms with Crippen molar-refractivity contribution in [3.05, 3.63) is 69.8 Å². The number of carbonyl (C=O) groups is 1. The van der Waals surface area contributed by atoms with Crippen molar-refractivity contribution in [1.82, 2.24) is 14.9 Å². The Balaban J connectivity index is 1.66. The lowest BCUT2D eigenvalue weighted by Crippen LogP contribution is -2.32. The Kier molecular flexibility index (Phi) is 4.37. The molecule has 1 aliphatic carbocycles. The molecule has 0 aliphatic heterocycles. The predicted octanol–water partition coefficient (Wildman–Crippen LogP) is 3.55. The number of para-hydroxylation sites is 1. The summed E-state index contributed by atoms with van der Waals surface area (Å²) in [6, 6.07) is 11.4. The number of aromatic nitrogens is 2. The highest BCUT2D eigenvalue weighted by molar-refractivity contribution is 6.07. The van der Waals surface area contributed by atoms with E-state index in [0.717, 1.165) is 54.4 Å². The summed E-state index contributed by atoms with van der Waals surface area (Å²) in [4.78, 5) is 27.5. The zero-order valence-corrected chi connectivity index (χ0v) is 14.9. The summed E-state index contributed by atoms with van der Waals surface area (Å²) in [5, 5.41) is 4.17. The molecule has 1 atom stereocenters. The molecular weight excluding hydrogens is 326 g/mol. The maximum atomic E-state index is 13.0. The Morgan fingerprint density at radius 1 is 1.27 bits per heavy atom. The maximum Gasteiger partial charge on any atom is 0.253 e. The van der Waals surface area contributed by atoms with Gasteiger partial charge in [-0.2, -0.15) is 0 Å². The van der Waals surface area contributed by atoms with E-state index in [9.17, 15) is 9.59 Å². The largest absolute Gasteiger partial charge is 0.347 e. The van der Waals surface area contributed by atoms with Gasteiger partial charge in [0.1, 0.15) is 0 Å². The molecule has 5 heteroatoms. The van der Waals surface area contributed by atoms with Crippen molar-refractivity contribution in [3.63, 3.8) is 0 Å². The van der Waals surface area contributed by atoms with Gasteiger partial charge in [0.15, 0.2) is 0 Å². The molecule has 1 aliphatic rings. The molecule has 26 heavy (non-hydrogen) atoms. The highest BCUT2D eigenvalue weighted by Crippen LogP contribution is 2.29. The predicted molar refractivity (Wildman–Crippen MR) is 102 cm³/mol. The Hall–Kier alpha value is -2.82. The fourth-order valence-electron chi connectivity index (χ4n) is 3.94. The van der Waals surface area contributed by atoms with Gasteiger partial charge in [0, 0.05) is 35.4 Å². The van der Waals surface area contributed by atoms with Gasteiger partial charge in [0.2, 0.25) is 5.56 Å². The first-order valence-electron chi connectivity index (χ1n) is 9.28. The topological polar surface area (TPSA) is 66.9 Å². The van der Waals surface area contributed by atoms with Crippen molar-refractivity contribution < 1.29 is 4.79 Å². The molecule has 0 bridgehead atoms. The van der Waals surface area contributed by atoms with Crippen molar-refractivity contribution in [3.8, 4) is 0 Å². The van der Waals surface area contributed by atoms with Crippen molar-refractivity contribution in [2.75, 3.05) is 0 Å². The molecule has 1 aromatic carbocycles. The highest BCUT2D eigenvalue weighted by Gasteiger charge is 2.24. The molecule has 0 fully saturated rings. The van der Waals surface area contributed by atoms with E-state index in [-0.39, 0.29) is 17.5 Å². The monoisotopic (exact) mass is 349 g/mol. The van der Waals surface area contributed by atoms with Gasteiger partial charge in [-0.05, 0) is 43.4 Å². The van der Waals surface area contributed by atoms with Crippen molar-refractivity contribution in [1.29, 1.82) is 0 Å². The van der Waals surface area contributed by atoms with E-state index in [1.807, 2.05) is 30.5 Å². The Morgan fingerprint density at radius 2 is 2.12 bits per heavy atom. The van der Waals surface area contributed by atoms with Gasteiger partial charge in [-0.3, -0.25) is 9.59 Å². The third kappa shape index (κ3) is 2.94. The van der Waals surface area contributed by atoms with Crippen LogP contribution < -0.4 is 10.9 Å². The fourth-order valence-corrected chi connectivity index (χ4v) is 3.94. The zero-order chi connectivity index (χ0) is 18.1. The van der Waals surface area contributed by atoms with E-state index in [1.54, 1.807) is 0 Å². The second kappa shape index (κ2) is 6.83. The van der Waals surface area contributed by atoms with Gasteiger partial charge >= 0.3 is 0 Å². The van der Waals surface area contributed by atoms with Crippen LogP contribution in [0.1, 0.15) is 53.8 Å². The summed E-state index contributed by atoms with van der Waals surface area (Å²) in [6.07, 6.45) is 5.67. The molecule has 5 nitrogen and oxygen atoms in total. The van der Waals surface area contributed by atoms with Crippen LogP contribution in [0.4, 0.5) is 0 Å². The van der Waals surface area contributed by atoms with E-state index >= 15 is 0 Å². The maximum absolute atomic E-state index is 13.0. The normalized spacial score (nSPS) is 16.4. The number of carbonyl (C=O) groups excluding carboxylic acids is 1. The van der Waals surface area contributed by atoms with E-state index in [1.165, 1.54) is 6.07 Å². The summed E-state index contributed by atoms with van der Waals surface area (Å²) >= 11 is 0. The third-order valence-corrected chi connectivity index (χ3v) is 5.13. The van der Waals surface area contributed by atoms with Crippen LogP contribution in [0.15, 0.2) is 47.4 Å². The molecule has 134 valence electrons. The highest BCUT2D eigenvalue weighted by atomic mass is 16.1. The summed E-state index contributed by atoms with van der Waals surface area (Å²) in [5.41, 5.74) is 3.70. The third-order valence-electron chi connectivity index (χ3n) is 5.13. The first-order chi connectivity index (χ1) is 12.7. The Bertz CT molecular complexity index is 1020. The van der Waals surface area contributed by atoms with Crippen LogP contribution in [0.3, 0.4) is 0 Å². The van der Waals surface area contributed by atoms with Crippen molar-refractivity contribution >= 4 is 16.8 Å². The smallest absolute Gasteiger partial charge is 0.253 e. The molecule has 0 saturated heterocycles. The number of fused-ring (bicyclic) bond motifs is 2. The number of aromatic amines is 1. The van der Waals surface area contributed by atoms with Crippen molar-refractivity contribution in [2.45, 2.75) is 45.2 Å². The fraction of sp³-hybridized carbons (Fsp3) is 0.333. The quantitative estimate of drug-likeness (QED) is 0.756. The van der Waals surface area contributed by atoms with E-state index in [4.69, 9.17) is 0 Å². The lowest BCUT2D eigenvalue weighted by molar-refractivity contribution is 0.0934. The molecular formula is C21H23N3O2. The van der Waals surface area contributed by atoms with Gasteiger partial charge in [-0.15, -0.1) is 0 Å². The van der Waals surface area contributed by atoms with Crippen LogP contribution in [0, 0.1) is 0 Å². The Labute approximate surface area is 152 Å². The summed E-state index contributed by atoms with van der Waals surface area (Å²) in [5.74, 6) is -0.0555. The Morgan fingerprint density at radius 3 is 2.96 bits per heavy atom. The van der Waals surface area contributed by atoms with Gasteiger partial charge in [-0.1, -0.05) is 25.1 Å².